The van der Waals surface area contributed by atoms with Crippen LogP contribution in [0.3, 0.4) is 0 Å². The lowest BCUT2D eigenvalue weighted by Gasteiger charge is -2.15. The Morgan fingerprint density at radius 1 is 1.42 bits per heavy atom. The number of anilines is 3. The van der Waals surface area contributed by atoms with Crippen LogP contribution in [-0.4, -0.2) is 29.8 Å². The van der Waals surface area contributed by atoms with E-state index in [1.807, 2.05) is 25.1 Å². The summed E-state index contributed by atoms with van der Waals surface area (Å²) in [6, 6.07) is 5.24. The van der Waals surface area contributed by atoms with E-state index in [9.17, 15) is 4.79 Å². The van der Waals surface area contributed by atoms with Gasteiger partial charge in [-0.05, 0) is 18.2 Å². The Kier molecular flexibility index (Phi) is 3.41. The number of nitrogens with zero attached hydrogens (tertiary/aromatic N) is 3. The van der Waals surface area contributed by atoms with Crippen LogP contribution >= 0.6 is 0 Å². The van der Waals surface area contributed by atoms with E-state index in [4.69, 9.17) is 5.73 Å². The number of carbonyl (C=O) groups is 1. The summed E-state index contributed by atoms with van der Waals surface area (Å²) in [6.07, 6.45) is 3.32. The number of nitrogen functional groups attached to an aromatic ring is 1. The van der Waals surface area contributed by atoms with Crippen molar-refractivity contribution >= 4 is 23.0 Å². The van der Waals surface area contributed by atoms with Gasteiger partial charge in [-0.1, -0.05) is 0 Å². The molecule has 2 rings (SSSR count). The van der Waals surface area contributed by atoms with Crippen molar-refractivity contribution in [3.8, 4) is 0 Å². The number of nitrogens with two attached hydrogens (primary N) is 1. The number of rotatable bonds is 3. The van der Waals surface area contributed by atoms with E-state index in [2.05, 4.69) is 10.4 Å². The Hall–Kier alpha value is -2.50. The number of hydrogen-bond donors (Lipinski definition) is 2. The van der Waals surface area contributed by atoms with Crippen LogP contribution in [-0.2, 0) is 7.05 Å². The Balaban J connectivity index is 2.18. The van der Waals surface area contributed by atoms with Crippen molar-refractivity contribution in [1.82, 2.24) is 9.78 Å². The predicted molar refractivity (Wildman–Crippen MR) is 76.3 cm³/mol. The standard InChI is InChI=1S/C13H17N5O/c1-17(2)12-5-4-9(6-11(12)14)13(19)16-10-7-15-18(3)8-10/h4-8H,14H2,1-3H3,(H,16,19). The lowest BCUT2D eigenvalue weighted by molar-refractivity contribution is 0.102. The summed E-state index contributed by atoms with van der Waals surface area (Å²) in [5.41, 5.74) is 8.56. The minimum Gasteiger partial charge on any atom is -0.397 e. The summed E-state index contributed by atoms with van der Waals surface area (Å²) < 4.78 is 1.62. The van der Waals surface area contributed by atoms with Gasteiger partial charge in [0.1, 0.15) is 0 Å². The fourth-order valence-electron chi connectivity index (χ4n) is 1.79. The quantitative estimate of drug-likeness (QED) is 0.815. The molecule has 0 aliphatic carbocycles. The number of carbonyl (C=O) groups excluding carboxylic acids is 1. The molecule has 6 nitrogen and oxygen atoms in total. The molecular weight excluding hydrogens is 242 g/mol. The molecule has 0 radical (unpaired) electrons. The van der Waals surface area contributed by atoms with E-state index >= 15 is 0 Å². The topological polar surface area (TPSA) is 76.2 Å². The Morgan fingerprint density at radius 3 is 2.68 bits per heavy atom. The third-order valence-corrected chi connectivity index (χ3v) is 2.73. The molecule has 1 aromatic heterocycles. The average molecular weight is 259 g/mol. The number of nitrogens with one attached hydrogen (secondary N) is 1. The molecule has 0 aliphatic heterocycles. The molecule has 0 unspecified atom stereocenters. The largest absolute Gasteiger partial charge is 0.397 e. The molecule has 0 bridgehead atoms. The van der Waals surface area contributed by atoms with Crippen LogP contribution in [0, 0.1) is 0 Å². The first kappa shape index (κ1) is 12.9. The van der Waals surface area contributed by atoms with Gasteiger partial charge in [-0.15, -0.1) is 0 Å². The van der Waals surface area contributed by atoms with Crippen LogP contribution in [0.1, 0.15) is 10.4 Å². The lowest BCUT2D eigenvalue weighted by atomic mass is 10.1. The highest BCUT2D eigenvalue weighted by Gasteiger charge is 2.10. The minimum absolute atomic E-state index is 0.204. The molecule has 3 N–H and O–H groups in total. The number of aromatic nitrogens is 2. The summed E-state index contributed by atoms with van der Waals surface area (Å²) in [5.74, 6) is -0.204. The minimum atomic E-state index is -0.204. The van der Waals surface area contributed by atoms with E-state index < -0.39 is 0 Å². The molecule has 1 amide bonds. The Bertz CT molecular complexity index is 603. The molecular formula is C13H17N5O. The summed E-state index contributed by atoms with van der Waals surface area (Å²) in [6.45, 7) is 0. The fourth-order valence-corrected chi connectivity index (χ4v) is 1.79. The zero-order valence-electron chi connectivity index (χ0n) is 11.2. The van der Waals surface area contributed by atoms with Gasteiger partial charge in [-0.2, -0.15) is 5.10 Å². The van der Waals surface area contributed by atoms with Crippen molar-refractivity contribution in [1.29, 1.82) is 0 Å². The zero-order chi connectivity index (χ0) is 14.0. The molecule has 6 heteroatoms. The molecule has 2 aromatic rings. The Labute approximate surface area is 111 Å². The van der Waals surface area contributed by atoms with E-state index in [0.29, 0.717) is 16.9 Å². The van der Waals surface area contributed by atoms with Gasteiger partial charge >= 0.3 is 0 Å². The molecule has 0 saturated heterocycles. The summed E-state index contributed by atoms with van der Waals surface area (Å²) in [7, 11) is 5.60. The smallest absolute Gasteiger partial charge is 0.255 e. The monoisotopic (exact) mass is 259 g/mol. The van der Waals surface area contributed by atoms with Crippen molar-refractivity contribution in [3.05, 3.63) is 36.2 Å². The van der Waals surface area contributed by atoms with E-state index in [1.165, 1.54) is 0 Å². The number of benzene rings is 1. The lowest BCUT2D eigenvalue weighted by Crippen LogP contribution is -2.14. The first-order chi connectivity index (χ1) is 8.97. The van der Waals surface area contributed by atoms with E-state index in [1.54, 1.807) is 36.3 Å². The molecule has 0 fully saturated rings. The third kappa shape index (κ3) is 2.85. The van der Waals surface area contributed by atoms with Crippen LogP contribution in [0.4, 0.5) is 17.1 Å². The molecule has 0 aliphatic rings. The Morgan fingerprint density at radius 2 is 2.16 bits per heavy atom. The number of amides is 1. The highest BCUT2D eigenvalue weighted by molar-refractivity contribution is 6.05. The van der Waals surface area contributed by atoms with Gasteiger partial charge in [-0.25, -0.2) is 0 Å². The molecule has 0 saturated carbocycles. The van der Waals surface area contributed by atoms with Crippen molar-refractivity contribution in [2.45, 2.75) is 0 Å². The van der Waals surface area contributed by atoms with Crippen molar-refractivity contribution in [2.75, 3.05) is 30.0 Å². The highest BCUT2D eigenvalue weighted by Crippen LogP contribution is 2.22. The van der Waals surface area contributed by atoms with Crippen molar-refractivity contribution in [3.63, 3.8) is 0 Å². The molecule has 19 heavy (non-hydrogen) atoms. The number of hydrogen-bond acceptors (Lipinski definition) is 4. The van der Waals surface area contributed by atoms with Gasteiger partial charge in [0.15, 0.2) is 0 Å². The third-order valence-electron chi connectivity index (χ3n) is 2.73. The second kappa shape index (κ2) is 5.01. The second-order valence-corrected chi connectivity index (χ2v) is 4.52. The van der Waals surface area contributed by atoms with Crippen molar-refractivity contribution in [2.24, 2.45) is 7.05 Å². The summed E-state index contributed by atoms with van der Waals surface area (Å²) in [4.78, 5) is 13.9. The SMILES string of the molecule is CN(C)c1ccc(C(=O)Nc2cnn(C)c2)cc1N. The van der Waals surface area contributed by atoms with Gasteiger partial charge in [0.2, 0.25) is 0 Å². The van der Waals surface area contributed by atoms with Gasteiger partial charge in [0, 0.05) is 32.9 Å². The first-order valence-electron chi connectivity index (χ1n) is 5.84. The second-order valence-electron chi connectivity index (χ2n) is 4.52. The van der Waals surface area contributed by atoms with Gasteiger partial charge in [-0.3, -0.25) is 9.48 Å². The van der Waals surface area contributed by atoms with Crippen molar-refractivity contribution < 1.29 is 4.79 Å². The molecule has 100 valence electrons. The molecule has 0 atom stereocenters. The zero-order valence-corrected chi connectivity index (χ0v) is 11.2. The van der Waals surface area contributed by atoms with E-state index in [-0.39, 0.29) is 5.91 Å². The van der Waals surface area contributed by atoms with Gasteiger partial charge in [0.05, 0.1) is 23.3 Å². The van der Waals surface area contributed by atoms with Crippen LogP contribution < -0.4 is 16.0 Å². The first-order valence-corrected chi connectivity index (χ1v) is 5.84. The summed E-state index contributed by atoms with van der Waals surface area (Å²) >= 11 is 0. The van der Waals surface area contributed by atoms with Gasteiger partial charge in [0.25, 0.3) is 5.91 Å². The molecule has 1 aromatic carbocycles. The number of aryl methyl sites for hydroxylation is 1. The normalized spacial score (nSPS) is 10.3. The maximum absolute atomic E-state index is 12.0. The molecule has 1 heterocycles. The fraction of sp³-hybridized carbons (Fsp3) is 0.231. The van der Waals surface area contributed by atoms with Crippen LogP contribution in [0.15, 0.2) is 30.6 Å². The maximum Gasteiger partial charge on any atom is 0.255 e. The van der Waals surface area contributed by atoms with Crippen LogP contribution in [0.5, 0.6) is 0 Å². The average Bonchev–Trinajstić information content (AvgIpc) is 2.74. The maximum atomic E-state index is 12.0. The highest BCUT2D eigenvalue weighted by atomic mass is 16.1. The predicted octanol–water partition coefficient (Wildman–Crippen LogP) is 1.32. The van der Waals surface area contributed by atoms with Crippen LogP contribution in [0.25, 0.3) is 0 Å². The summed E-state index contributed by atoms with van der Waals surface area (Å²) in [5, 5.41) is 6.75. The van der Waals surface area contributed by atoms with Crippen LogP contribution in [0.2, 0.25) is 0 Å². The molecule has 0 spiro atoms. The van der Waals surface area contributed by atoms with Gasteiger partial charge < -0.3 is 16.0 Å². The van der Waals surface area contributed by atoms with E-state index in [0.717, 1.165) is 5.69 Å².